The van der Waals surface area contributed by atoms with E-state index in [9.17, 15) is 18.4 Å². The summed E-state index contributed by atoms with van der Waals surface area (Å²) in [6.07, 6.45) is 0. The van der Waals surface area contributed by atoms with Gasteiger partial charge in [0.15, 0.2) is 5.78 Å². The number of aromatic nitrogens is 1. The van der Waals surface area contributed by atoms with Crippen LogP contribution in [0.5, 0.6) is 0 Å². The number of fused-ring (bicyclic) bond motifs is 1. The number of H-pyrrole nitrogens is 1. The van der Waals surface area contributed by atoms with Crippen molar-refractivity contribution in [3.8, 4) is 0 Å². The number of hydrogen-bond acceptors (Lipinski definition) is 3. The van der Waals surface area contributed by atoms with Gasteiger partial charge in [0, 0.05) is 48.3 Å². The standard InChI is InChI=1S/C23H23F2N3O2/c1-14-20(16-6-3-4-9-19(16)26-14)22(29)15(2)27-10-12-28(13-11-27)23(30)21-17(24)7-5-8-18(21)25/h3-9,15,26H,10-13H2,1-2H3. The van der Waals surface area contributed by atoms with Gasteiger partial charge in [-0.2, -0.15) is 0 Å². The van der Waals surface area contributed by atoms with Crippen molar-refractivity contribution >= 4 is 22.6 Å². The Labute approximate surface area is 173 Å². The van der Waals surface area contributed by atoms with Crippen LogP contribution < -0.4 is 0 Å². The Morgan fingerprint density at radius 3 is 2.23 bits per heavy atom. The van der Waals surface area contributed by atoms with E-state index in [2.05, 4.69) is 4.98 Å². The molecule has 1 amide bonds. The topological polar surface area (TPSA) is 56.4 Å². The molecule has 1 N–H and O–H groups in total. The Morgan fingerprint density at radius 2 is 1.57 bits per heavy atom. The summed E-state index contributed by atoms with van der Waals surface area (Å²) in [5, 5.41) is 0.899. The summed E-state index contributed by atoms with van der Waals surface area (Å²) in [6.45, 7) is 5.26. The Kier molecular flexibility index (Phi) is 5.39. The third-order valence-corrected chi connectivity index (χ3v) is 5.85. The van der Waals surface area contributed by atoms with E-state index in [1.807, 2.05) is 43.0 Å². The fourth-order valence-electron chi connectivity index (χ4n) is 4.14. The van der Waals surface area contributed by atoms with Crippen molar-refractivity contribution in [3.63, 3.8) is 0 Å². The third-order valence-electron chi connectivity index (χ3n) is 5.85. The van der Waals surface area contributed by atoms with Crippen molar-refractivity contribution in [1.82, 2.24) is 14.8 Å². The number of ketones is 1. The van der Waals surface area contributed by atoms with Gasteiger partial charge in [0.25, 0.3) is 5.91 Å². The highest BCUT2D eigenvalue weighted by Gasteiger charge is 2.31. The van der Waals surface area contributed by atoms with Gasteiger partial charge >= 0.3 is 0 Å². The van der Waals surface area contributed by atoms with E-state index in [1.54, 1.807) is 0 Å². The van der Waals surface area contributed by atoms with Crippen molar-refractivity contribution in [2.45, 2.75) is 19.9 Å². The molecular weight excluding hydrogens is 388 g/mol. The molecule has 1 unspecified atom stereocenters. The second-order valence-corrected chi connectivity index (χ2v) is 7.64. The van der Waals surface area contributed by atoms with Crippen LogP contribution in [0.15, 0.2) is 42.5 Å². The van der Waals surface area contributed by atoms with Gasteiger partial charge in [-0.25, -0.2) is 8.78 Å². The van der Waals surface area contributed by atoms with Crippen molar-refractivity contribution < 1.29 is 18.4 Å². The number of carbonyl (C=O) groups excluding carboxylic acids is 2. The van der Waals surface area contributed by atoms with Gasteiger partial charge in [0.1, 0.15) is 17.2 Å². The zero-order valence-electron chi connectivity index (χ0n) is 16.9. The van der Waals surface area contributed by atoms with Gasteiger partial charge in [-0.3, -0.25) is 14.5 Å². The second-order valence-electron chi connectivity index (χ2n) is 7.64. The lowest BCUT2D eigenvalue weighted by Crippen LogP contribution is -2.53. The number of benzene rings is 2. The number of hydrogen-bond donors (Lipinski definition) is 1. The number of para-hydroxylation sites is 1. The van der Waals surface area contributed by atoms with E-state index in [0.29, 0.717) is 31.7 Å². The molecule has 2 heterocycles. The van der Waals surface area contributed by atoms with Crippen LogP contribution in [0.25, 0.3) is 10.9 Å². The number of piperazine rings is 1. The predicted molar refractivity (Wildman–Crippen MR) is 111 cm³/mol. The van der Waals surface area contributed by atoms with E-state index in [4.69, 9.17) is 0 Å². The number of aryl methyl sites for hydroxylation is 1. The van der Waals surface area contributed by atoms with Crippen molar-refractivity contribution in [2.75, 3.05) is 26.2 Å². The molecule has 0 radical (unpaired) electrons. The van der Waals surface area contributed by atoms with Gasteiger partial charge in [-0.05, 0) is 32.0 Å². The molecule has 1 aliphatic heterocycles. The maximum atomic E-state index is 13.9. The van der Waals surface area contributed by atoms with Crippen LogP contribution >= 0.6 is 0 Å². The molecule has 1 aliphatic rings. The van der Waals surface area contributed by atoms with Crippen LogP contribution in [-0.4, -0.2) is 58.7 Å². The van der Waals surface area contributed by atoms with Crippen LogP contribution in [0.1, 0.15) is 33.3 Å². The SMILES string of the molecule is Cc1[nH]c2ccccc2c1C(=O)C(C)N1CCN(C(=O)c2c(F)cccc2F)CC1. The second kappa shape index (κ2) is 7.99. The molecule has 4 rings (SSSR count). The molecule has 1 saturated heterocycles. The first-order chi connectivity index (χ1) is 14.4. The Hall–Kier alpha value is -3.06. The van der Waals surface area contributed by atoms with Crippen molar-refractivity contribution in [3.05, 3.63) is 70.9 Å². The van der Waals surface area contributed by atoms with Crippen LogP contribution in [-0.2, 0) is 0 Å². The summed E-state index contributed by atoms with van der Waals surface area (Å²) in [6, 6.07) is 10.7. The average molecular weight is 411 g/mol. The Morgan fingerprint density at radius 1 is 0.933 bits per heavy atom. The predicted octanol–water partition coefficient (Wildman–Crippen LogP) is 3.78. The minimum atomic E-state index is -0.860. The summed E-state index contributed by atoms with van der Waals surface area (Å²) in [5.74, 6) is -2.36. The van der Waals surface area contributed by atoms with Crippen LogP contribution in [0.4, 0.5) is 8.78 Å². The molecule has 2 aromatic carbocycles. The van der Waals surface area contributed by atoms with Gasteiger partial charge in [-0.15, -0.1) is 0 Å². The summed E-state index contributed by atoms with van der Waals surface area (Å²) in [4.78, 5) is 32.5. The van der Waals surface area contributed by atoms with Crippen molar-refractivity contribution in [2.24, 2.45) is 0 Å². The monoisotopic (exact) mass is 411 g/mol. The first-order valence-electron chi connectivity index (χ1n) is 9.97. The molecule has 30 heavy (non-hydrogen) atoms. The largest absolute Gasteiger partial charge is 0.358 e. The molecule has 0 spiro atoms. The molecule has 5 nitrogen and oxygen atoms in total. The highest BCUT2D eigenvalue weighted by atomic mass is 19.1. The fourth-order valence-corrected chi connectivity index (χ4v) is 4.14. The van der Waals surface area contributed by atoms with Crippen LogP contribution in [0.2, 0.25) is 0 Å². The summed E-state index contributed by atoms with van der Waals surface area (Å²) in [5.41, 5.74) is 1.92. The summed E-state index contributed by atoms with van der Waals surface area (Å²) < 4.78 is 27.9. The number of nitrogens with one attached hydrogen (secondary N) is 1. The maximum absolute atomic E-state index is 13.9. The molecule has 1 fully saturated rings. The van der Waals surface area contributed by atoms with Gasteiger partial charge < -0.3 is 9.88 Å². The van der Waals surface area contributed by atoms with Crippen LogP contribution in [0.3, 0.4) is 0 Å². The molecule has 1 atom stereocenters. The van der Waals surface area contributed by atoms with E-state index in [0.717, 1.165) is 28.7 Å². The molecule has 3 aromatic rings. The number of amides is 1. The smallest absolute Gasteiger partial charge is 0.259 e. The van der Waals surface area contributed by atoms with Gasteiger partial charge in [-0.1, -0.05) is 24.3 Å². The van der Waals surface area contributed by atoms with E-state index < -0.39 is 23.1 Å². The average Bonchev–Trinajstić information content (AvgIpc) is 3.08. The zero-order chi connectivity index (χ0) is 21.4. The highest BCUT2D eigenvalue weighted by molar-refractivity contribution is 6.11. The first kappa shape index (κ1) is 20.2. The number of carbonyl (C=O) groups is 2. The highest BCUT2D eigenvalue weighted by Crippen LogP contribution is 2.25. The quantitative estimate of drug-likeness (QED) is 0.665. The molecule has 0 aliphatic carbocycles. The lowest BCUT2D eigenvalue weighted by Gasteiger charge is -2.37. The van der Waals surface area contributed by atoms with E-state index in [1.165, 1.54) is 11.0 Å². The summed E-state index contributed by atoms with van der Waals surface area (Å²) in [7, 11) is 0. The van der Waals surface area contributed by atoms with Gasteiger partial charge in [0.2, 0.25) is 0 Å². The summed E-state index contributed by atoms with van der Waals surface area (Å²) >= 11 is 0. The zero-order valence-corrected chi connectivity index (χ0v) is 16.9. The number of nitrogens with zero attached hydrogens (tertiary/aromatic N) is 2. The molecule has 156 valence electrons. The van der Waals surface area contributed by atoms with Crippen molar-refractivity contribution in [1.29, 1.82) is 0 Å². The van der Waals surface area contributed by atoms with E-state index >= 15 is 0 Å². The molecule has 0 saturated carbocycles. The Balaban J connectivity index is 1.47. The minimum absolute atomic E-state index is 0.0184. The third kappa shape index (κ3) is 3.50. The number of halogens is 2. The molecule has 7 heteroatoms. The molecule has 1 aromatic heterocycles. The number of Topliss-reactive ketones (excluding diaryl/α,β-unsaturated/α-hetero) is 1. The lowest BCUT2D eigenvalue weighted by molar-refractivity contribution is 0.0545. The number of aromatic amines is 1. The maximum Gasteiger partial charge on any atom is 0.259 e. The number of rotatable bonds is 4. The lowest BCUT2D eigenvalue weighted by atomic mass is 10.0. The van der Waals surface area contributed by atoms with Gasteiger partial charge in [0.05, 0.1) is 6.04 Å². The normalized spacial score (nSPS) is 16.1. The minimum Gasteiger partial charge on any atom is -0.358 e. The fraction of sp³-hybridized carbons (Fsp3) is 0.304. The van der Waals surface area contributed by atoms with Crippen LogP contribution in [0, 0.1) is 18.6 Å². The molecular formula is C23H23F2N3O2. The van der Waals surface area contributed by atoms with E-state index in [-0.39, 0.29) is 11.8 Å². The Bertz CT molecular complexity index is 1100. The first-order valence-corrected chi connectivity index (χ1v) is 9.97. The molecule has 0 bridgehead atoms.